The number of nitrogens with zero attached hydrogens (tertiary/aromatic N) is 1. The van der Waals surface area contributed by atoms with E-state index in [0.29, 0.717) is 19.4 Å². The fourth-order valence-corrected chi connectivity index (χ4v) is 1.41. The summed E-state index contributed by atoms with van der Waals surface area (Å²) in [4.78, 5) is 15.8. The number of aromatic nitrogens is 1. The molecule has 0 aliphatic heterocycles. The van der Waals surface area contributed by atoms with Crippen molar-refractivity contribution >= 4 is 5.91 Å². The molecule has 0 saturated heterocycles. The minimum Gasteiger partial charge on any atom is -0.350 e. The molecule has 0 aromatic carbocycles. The standard InChI is InChI=1S/C13H21N3O/c1-10-5-4-8-15-11(10)9-16-12(17)6-7-13(2,3)14/h4-5,8H,6-7,9,14H2,1-3H3,(H,16,17). The number of hydrogen-bond donors (Lipinski definition) is 2. The van der Waals surface area contributed by atoms with E-state index in [1.54, 1.807) is 6.20 Å². The first-order valence-electron chi connectivity index (χ1n) is 5.84. The zero-order chi connectivity index (χ0) is 12.9. The number of carbonyl (C=O) groups is 1. The fourth-order valence-electron chi connectivity index (χ4n) is 1.41. The molecule has 4 nitrogen and oxygen atoms in total. The van der Waals surface area contributed by atoms with Gasteiger partial charge in [0, 0.05) is 18.2 Å². The van der Waals surface area contributed by atoms with E-state index in [1.165, 1.54) is 0 Å². The zero-order valence-electron chi connectivity index (χ0n) is 10.8. The highest BCUT2D eigenvalue weighted by Gasteiger charge is 2.13. The Hall–Kier alpha value is -1.42. The van der Waals surface area contributed by atoms with Crippen molar-refractivity contribution in [2.24, 2.45) is 5.73 Å². The molecule has 17 heavy (non-hydrogen) atoms. The third kappa shape index (κ3) is 5.45. The lowest BCUT2D eigenvalue weighted by atomic mass is 10.00. The molecule has 94 valence electrons. The van der Waals surface area contributed by atoms with Gasteiger partial charge in [0.1, 0.15) is 0 Å². The van der Waals surface area contributed by atoms with E-state index in [0.717, 1.165) is 11.3 Å². The molecule has 0 saturated carbocycles. The lowest BCUT2D eigenvalue weighted by Gasteiger charge is -2.17. The zero-order valence-corrected chi connectivity index (χ0v) is 10.8. The van der Waals surface area contributed by atoms with Crippen LogP contribution in [-0.2, 0) is 11.3 Å². The number of aryl methyl sites for hydroxylation is 1. The van der Waals surface area contributed by atoms with Gasteiger partial charge in [0.15, 0.2) is 0 Å². The van der Waals surface area contributed by atoms with Crippen molar-refractivity contribution < 1.29 is 4.79 Å². The molecular formula is C13H21N3O. The Morgan fingerprint density at radius 3 is 2.82 bits per heavy atom. The quantitative estimate of drug-likeness (QED) is 0.813. The van der Waals surface area contributed by atoms with Crippen LogP contribution in [-0.4, -0.2) is 16.4 Å². The second-order valence-electron chi connectivity index (χ2n) is 5.03. The predicted molar refractivity (Wildman–Crippen MR) is 68.3 cm³/mol. The van der Waals surface area contributed by atoms with Crippen LogP contribution >= 0.6 is 0 Å². The van der Waals surface area contributed by atoms with Crippen LogP contribution in [0.1, 0.15) is 37.9 Å². The molecule has 1 aromatic heterocycles. The topological polar surface area (TPSA) is 68.0 Å². The summed E-state index contributed by atoms with van der Waals surface area (Å²) >= 11 is 0. The molecule has 0 aliphatic rings. The van der Waals surface area contributed by atoms with Gasteiger partial charge in [0.05, 0.1) is 12.2 Å². The first-order chi connectivity index (χ1) is 7.88. The number of carbonyl (C=O) groups excluding carboxylic acids is 1. The average molecular weight is 235 g/mol. The van der Waals surface area contributed by atoms with Crippen molar-refractivity contribution in [3.05, 3.63) is 29.6 Å². The van der Waals surface area contributed by atoms with Crippen LogP contribution in [0.15, 0.2) is 18.3 Å². The maximum Gasteiger partial charge on any atom is 0.220 e. The number of nitrogens with two attached hydrogens (primary N) is 1. The van der Waals surface area contributed by atoms with Crippen LogP contribution in [0.3, 0.4) is 0 Å². The lowest BCUT2D eigenvalue weighted by Crippen LogP contribution is -2.34. The summed E-state index contributed by atoms with van der Waals surface area (Å²) in [5.74, 6) is 0.0218. The Kier molecular flexibility index (Phi) is 4.63. The van der Waals surface area contributed by atoms with Gasteiger partial charge in [-0.05, 0) is 38.8 Å². The van der Waals surface area contributed by atoms with E-state index >= 15 is 0 Å². The number of hydrogen-bond acceptors (Lipinski definition) is 3. The highest BCUT2D eigenvalue weighted by Crippen LogP contribution is 2.07. The summed E-state index contributed by atoms with van der Waals surface area (Å²) in [6.45, 7) is 6.31. The van der Waals surface area contributed by atoms with E-state index in [9.17, 15) is 4.79 Å². The van der Waals surface area contributed by atoms with Gasteiger partial charge in [-0.15, -0.1) is 0 Å². The predicted octanol–water partition coefficient (Wildman–Crippen LogP) is 1.52. The van der Waals surface area contributed by atoms with E-state index in [-0.39, 0.29) is 11.4 Å². The van der Waals surface area contributed by atoms with Crippen LogP contribution in [0.4, 0.5) is 0 Å². The molecule has 1 rings (SSSR count). The summed E-state index contributed by atoms with van der Waals surface area (Å²) in [5.41, 5.74) is 7.53. The van der Waals surface area contributed by atoms with Crippen molar-refractivity contribution in [3.63, 3.8) is 0 Å². The van der Waals surface area contributed by atoms with Crippen molar-refractivity contribution in [1.82, 2.24) is 10.3 Å². The molecular weight excluding hydrogens is 214 g/mol. The van der Waals surface area contributed by atoms with Gasteiger partial charge in [0.2, 0.25) is 5.91 Å². The van der Waals surface area contributed by atoms with E-state index in [4.69, 9.17) is 5.73 Å². The molecule has 1 aromatic rings. The minimum absolute atomic E-state index is 0.0218. The fraction of sp³-hybridized carbons (Fsp3) is 0.538. The van der Waals surface area contributed by atoms with Gasteiger partial charge >= 0.3 is 0 Å². The van der Waals surface area contributed by atoms with E-state index in [2.05, 4.69) is 10.3 Å². The van der Waals surface area contributed by atoms with E-state index < -0.39 is 0 Å². The molecule has 0 atom stereocenters. The molecule has 0 fully saturated rings. The number of rotatable bonds is 5. The van der Waals surface area contributed by atoms with Gasteiger partial charge in [-0.2, -0.15) is 0 Å². The second kappa shape index (κ2) is 5.77. The number of pyridine rings is 1. The van der Waals surface area contributed by atoms with Gasteiger partial charge in [-0.3, -0.25) is 9.78 Å². The lowest BCUT2D eigenvalue weighted by molar-refractivity contribution is -0.121. The summed E-state index contributed by atoms with van der Waals surface area (Å²) in [6.07, 6.45) is 2.87. The minimum atomic E-state index is -0.293. The third-order valence-electron chi connectivity index (χ3n) is 2.57. The molecule has 0 aliphatic carbocycles. The van der Waals surface area contributed by atoms with Crippen LogP contribution in [0.5, 0.6) is 0 Å². The molecule has 1 heterocycles. The van der Waals surface area contributed by atoms with Crippen molar-refractivity contribution in [3.8, 4) is 0 Å². The van der Waals surface area contributed by atoms with Crippen LogP contribution in [0.2, 0.25) is 0 Å². The average Bonchev–Trinajstić information content (AvgIpc) is 2.24. The van der Waals surface area contributed by atoms with Crippen LogP contribution in [0, 0.1) is 6.92 Å². The molecule has 0 radical (unpaired) electrons. The monoisotopic (exact) mass is 235 g/mol. The van der Waals surface area contributed by atoms with Crippen molar-refractivity contribution in [2.75, 3.05) is 0 Å². The maximum atomic E-state index is 11.6. The highest BCUT2D eigenvalue weighted by molar-refractivity contribution is 5.75. The molecule has 0 bridgehead atoms. The Labute approximate surface area is 103 Å². The van der Waals surface area contributed by atoms with Gasteiger partial charge < -0.3 is 11.1 Å². The Balaban J connectivity index is 2.36. The Bertz CT molecular complexity index is 382. The molecule has 4 heteroatoms. The van der Waals surface area contributed by atoms with Crippen molar-refractivity contribution in [2.45, 2.75) is 45.7 Å². The Morgan fingerprint density at radius 1 is 1.53 bits per heavy atom. The SMILES string of the molecule is Cc1cccnc1CNC(=O)CCC(C)(C)N. The normalized spacial score (nSPS) is 11.3. The van der Waals surface area contributed by atoms with Crippen molar-refractivity contribution in [1.29, 1.82) is 0 Å². The van der Waals surface area contributed by atoms with Crippen LogP contribution in [0.25, 0.3) is 0 Å². The second-order valence-corrected chi connectivity index (χ2v) is 5.03. The third-order valence-corrected chi connectivity index (χ3v) is 2.57. The summed E-state index contributed by atoms with van der Waals surface area (Å²) in [6, 6.07) is 3.87. The number of amides is 1. The molecule has 1 amide bonds. The first kappa shape index (κ1) is 13.6. The van der Waals surface area contributed by atoms with E-state index in [1.807, 2.05) is 32.9 Å². The summed E-state index contributed by atoms with van der Waals surface area (Å²) in [7, 11) is 0. The van der Waals surface area contributed by atoms with Gasteiger partial charge in [-0.1, -0.05) is 6.07 Å². The smallest absolute Gasteiger partial charge is 0.220 e. The Morgan fingerprint density at radius 2 is 2.24 bits per heavy atom. The summed E-state index contributed by atoms with van der Waals surface area (Å²) < 4.78 is 0. The maximum absolute atomic E-state index is 11.6. The van der Waals surface area contributed by atoms with Crippen LogP contribution < -0.4 is 11.1 Å². The van der Waals surface area contributed by atoms with Gasteiger partial charge in [-0.25, -0.2) is 0 Å². The molecule has 0 spiro atoms. The highest BCUT2D eigenvalue weighted by atomic mass is 16.1. The largest absolute Gasteiger partial charge is 0.350 e. The van der Waals surface area contributed by atoms with Gasteiger partial charge in [0.25, 0.3) is 0 Å². The summed E-state index contributed by atoms with van der Waals surface area (Å²) in [5, 5.41) is 2.86. The first-order valence-corrected chi connectivity index (χ1v) is 5.84. The molecule has 0 unspecified atom stereocenters. The molecule has 3 N–H and O–H groups in total. The number of nitrogens with one attached hydrogen (secondary N) is 1.